The second-order valence-corrected chi connectivity index (χ2v) is 11.1. The molecule has 0 bridgehead atoms. The molecular weight excluding hydrogens is 473 g/mol. The van der Waals surface area contributed by atoms with Crippen LogP contribution in [0.25, 0.3) is 0 Å². The Balaban J connectivity index is 1.26. The van der Waals surface area contributed by atoms with Crippen LogP contribution < -0.4 is 4.74 Å². The Morgan fingerprint density at radius 3 is 2.11 bits per heavy atom. The Kier molecular flexibility index (Phi) is 10.4. The molecule has 5 heteroatoms. The summed E-state index contributed by atoms with van der Waals surface area (Å²) in [6.45, 7) is 4.68. The van der Waals surface area contributed by atoms with Gasteiger partial charge in [-0.25, -0.2) is 13.2 Å². The fraction of sp³-hybridized carbons (Fsp3) is 0.625. The molecular formula is C32H43F3O2. The average molecular weight is 517 g/mol. The summed E-state index contributed by atoms with van der Waals surface area (Å²) in [7, 11) is 0. The molecule has 0 aromatic heterocycles. The highest BCUT2D eigenvalue weighted by atomic mass is 19.2. The monoisotopic (exact) mass is 516 g/mol. The minimum Gasteiger partial charge on any atom is -0.494 e. The molecule has 0 N–H and O–H groups in total. The van der Waals surface area contributed by atoms with E-state index in [0.29, 0.717) is 17.9 Å². The summed E-state index contributed by atoms with van der Waals surface area (Å²) in [5.41, 5.74) is 1.54. The van der Waals surface area contributed by atoms with E-state index in [4.69, 9.17) is 9.47 Å². The number of hydrogen-bond donors (Lipinski definition) is 0. The molecule has 0 spiro atoms. The highest BCUT2D eigenvalue weighted by Gasteiger charge is 2.28. The van der Waals surface area contributed by atoms with Crippen molar-refractivity contribution in [2.75, 3.05) is 6.61 Å². The van der Waals surface area contributed by atoms with E-state index < -0.39 is 11.6 Å². The van der Waals surface area contributed by atoms with Crippen molar-refractivity contribution >= 4 is 0 Å². The van der Waals surface area contributed by atoms with E-state index in [1.807, 2.05) is 19.1 Å². The van der Waals surface area contributed by atoms with Crippen LogP contribution in [-0.2, 0) is 11.3 Å². The first-order chi connectivity index (χ1) is 18.0. The molecule has 204 valence electrons. The number of unbranched alkanes of at least 4 members (excludes halogenated alkanes) is 2. The van der Waals surface area contributed by atoms with Crippen LogP contribution in [0.3, 0.4) is 0 Å². The van der Waals surface area contributed by atoms with Crippen molar-refractivity contribution in [3.63, 3.8) is 0 Å². The van der Waals surface area contributed by atoms with Gasteiger partial charge in [-0.05, 0) is 93.2 Å². The molecule has 2 nitrogen and oxygen atoms in total. The third kappa shape index (κ3) is 7.31. The molecule has 2 aromatic carbocycles. The maximum atomic E-state index is 15.0. The average Bonchev–Trinajstić information content (AvgIpc) is 2.91. The van der Waals surface area contributed by atoms with Crippen LogP contribution in [0.5, 0.6) is 5.75 Å². The van der Waals surface area contributed by atoms with E-state index in [0.717, 1.165) is 62.8 Å². The zero-order valence-electron chi connectivity index (χ0n) is 22.5. The fourth-order valence-corrected chi connectivity index (χ4v) is 6.32. The molecule has 0 saturated heterocycles. The van der Waals surface area contributed by atoms with Gasteiger partial charge < -0.3 is 9.47 Å². The van der Waals surface area contributed by atoms with Gasteiger partial charge in [0.1, 0.15) is 11.6 Å². The van der Waals surface area contributed by atoms with Gasteiger partial charge in [0, 0.05) is 11.6 Å². The summed E-state index contributed by atoms with van der Waals surface area (Å²) in [5, 5.41) is 0. The second kappa shape index (κ2) is 13.7. The molecule has 2 saturated carbocycles. The summed E-state index contributed by atoms with van der Waals surface area (Å²) in [6.07, 6.45) is 12.4. The van der Waals surface area contributed by atoms with Crippen LogP contribution in [0, 0.1) is 23.4 Å². The van der Waals surface area contributed by atoms with Gasteiger partial charge in [0.25, 0.3) is 0 Å². The van der Waals surface area contributed by atoms with Gasteiger partial charge in [0.2, 0.25) is 0 Å². The zero-order chi connectivity index (χ0) is 26.2. The molecule has 0 amide bonds. The molecule has 0 unspecified atom stereocenters. The van der Waals surface area contributed by atoms with E-state index in [9.17, 15) is 8.78 Å². The smallest absolute Gasteiger partial charge is 0.164 e. The lowest BCUT2D eigenvalue weighted by Gasteiger charge is -2.30. The third-order valence-electron chi connectivity index (χ3n) is 8.57. The maximum absolute atomic E-state index is 15.0. The summed E-state index contributed by atoms with van der Waals surface area (Å²) in [5.74, 6) is -0.118. The Morgan fingerprint density at radius 2 is 1.43 bits per heavy atom. The highest BCUT2D eigenvalue weighted by molar-refractivity contribution is 5.32. The van der Waals surface area contributed by atoms with Gasteiger partial charge >= 0.3 is 0 Å². The number of halogens is 3. The van der Waals surface area contributed by atoms with Gasteiger partial charge in [0.05, 0.1) is 19.3 Å². The lowest BCUT2D eigenvalue weighted by Crippen LogP contribution is -2.21. The van der Waals surface area contributed by atoms with Gasteiger partial charge in [-0.3, -0.25) is 0 Å². The summed E-state index contributed by atoms with van der Waals surface area (Å²) >= 11 is 0. The number of rotatable bonds is 11. The third-order valence-corrected chi connectivity index (χ3v) is 8.57. The van der Waals surface area contributed by atoms with E-state index in [-0.39, 0.29) is 35.9 Å². The predicted molar refractivity (Wildman–Crippen MR) is 143 cm³/mol. The Bertz CT molecular complexity index is 992. The van der Waals surface area contributed by atoms with E-state index in [1.54, 1.807) is 12.1 Å². The standard InChI is InChI=1S/C32H43F3O2/c1-3-5-6-7-22-8-10-24(11-9-22)29-18-14-25(31(34)32(29)35)21-37-26-15-12-23(13-16-26)28-19-17-27(36-4-2)20-30(28)33/h14,17-20,22-24,26H,3-13,15-16,21H2,1-2H3. The van der Waals surface area contributed by atoms with Crippen molar-refractivity contribution in [2.24, 2.45) is 5.92 Å². The van der Waals surface area contributed by atoms with Crippen molar-refractivity contribution in [2.45, 2.75) is 115 Å². The van der Waals surface area contributed by atoms with Gasteiger partial charge in [-0.15, -0.1) is 0 Å². The zero-order valence-corrected chi connectivity index (χ0v) is 22.5. The van der Waals surface area contributed by atoms with Crippen LogP contribution in [-0.4, -0.2) is 12.7 Å². The molecule has 2 aromatic rings. The van der Waals surface area contributed by atoms with Crippen LogP contribution >= 0.6 is 0 Å². The van der Waals surface area contributed by atoms with Crippen molar-refractivity contribution in [1.82, 2.24) is 0 Å². The SMILES string of the molecule is CCCCCC1CCC(c2ccc(COC3CCC(c4ccc(OCC)cc4F)CC3)c(F)c2F)CC1. The second-order valence-electron chi connectivity index (χ2n) is 11.1. The molecule has 0 aliphatic heterocycles. The van der Waals surface area contributed by atoms with Crippen molar-refractivity contribution < 1.29 is 22.6 Å². The van der Waals surface area contributed by atoms with Crippen LogP contribution in [0.1, 0.15) is 119 Å². The molecule has 37 heavy (non-hydrogen) atoms. The number of ether oxygens (including phenoxy) is 2. The largest absolute Gasteiger partial charge is 0.494 e. The van der Waals surface area contributed by atoms with Gasteiger partial charge in [-0.2, -0.15) is 0 Å². The molecule has 0 heterocycles. The highest BCUT2D eigenvalue weighted by Crippen LogP contribution is 2.40. The first-order valence-corrected chi connectivity index (χ1v) is 14.5. The quantitative estimate of drug-likeness (QED) is 0.277. The summed E-state index contributed by atoms with van der Waals surface area (Å²) < 4.78 is 55.9. The minimum atomic E-state index is -0.757. The van der Waals surface area contributed by atoms with E-state index in [2.05, 4.69) is 6.92 Å². The molecule has 2 aliphatic rings. The van der Waals surface area contributed by atoms with Gasteiger partial charge in [0.15, 0.2) is 11.6 Å². The lowest BCUT2D eigenvalue weighted by atomic mass is 9.76. The molecule has 4 rings (SSSR count). The molecule has 0 atom stereocenters. The predicted octanol–water partition coefficient (Wildman–Crippen LogP) is 9.60. The first kappa shape index (κ1) is 28.0. The fourth-order valence-electron chi connectivity index (χ4n) is 6.32. The molecule has 2 aliphatic carbocycles. The Labute approximate surface area is 220 Å². The van der Waals surface area contributed by atoms with Crippen molar-refractivity contribution in [3.8, 4) is 5.75 Å². The van der Waals surface area contributed by atoms with Gasteiger partial charge in [-0.1, -0.05) is 50.8 Å². The summed E-state index contributed by atoms with van der Waals surface area (Å²) in [4.78, 5) is 0. The van der Waals surface area contributed by atoms with E-state index >= 15 is 4.39 Å². The van der Waals surface area contributed by atoms with Crippen LogP contribution in [0.2, 0.25) is 0 Å². The van der Waals surface area contributed by atoms with E-state index in [1.165, 1.54) is 31.7 Å². The normalized spacial score (nSPS) is 24.2. The molecule has 0 radical (unpaired) electrons. The Morgan fingerprint density at radius 1 is 0.757 bits per heavy atom. The van der Waals surface area contributed by atoms with Crippen LogP contribution in [0.15, 0.2) is 30.3 Å². The van der Waals surface area contributed by atoms with Crippen molar-refractivity contribution in [3.05, 3.63) is 64.5 Å². The van der Waals surface area contributed by atoms with Crippen molar-refractivity contribution in [1.29, 1.82) is 0 Å². The number of hydrogen-bond acceptors (Lipinski definition) is 2. The summed E-state index contributed by atoms with van der Waals surface area (Å²) in [6, 6.07) is 8.60. The molecule has 2 fully saturated rings. The van der Waals surface area contributed by atoms with Crippen LogP contribution in [0.4, 0.5) is 13.2 Å². The topological polar surface area (TPSA) is 18.5 Å². The lowest BCUT2D eigenvalue weighted by molar-refractivity contribution is 0.0116. The minimum absolute atomic E-state index is 0.0212. The number of benzene rings is 2. The maximum Gasteiger partial charge on any atom is 0.164 e. The Hall–Kier alpha value is -2.01. The first-order valence-electron chi connectivity index (χ1n) is 14.5.